The van der Waals surface area contributed by atoms with Crippen molar-refractivity contribution in [1.29, 1.82) is 0 Å². The number of morpholine rings is 1. The molecule has 0 saturated carbocycles. The van der Waals surface area contributed by atoms with E-state index < -0.39 is 4.92 Å². The van der Waals surface area contributed by atoms with E-state index >= 15 is 0 Å². The number of benzene rings is 2. The van der Waals surface area contributed by atoms with Crippen LogP contribution >= 0.6 is 0 Å². The summed E-state index contributed by atoms with van der Waals surface area (Å²) in [5.74, 6) is 1.22. The Morgan fingerprint density at radius 3 is 2.74 bits per heavy atom. The van der Waals surface area contributed by atoms with Crippen LogP contribution in [0.5, 0.6) is 11.5 Å². The number of aryl methyl sites for hydroxylation is 1. The zero-order chi connectivity index (χ0) is 23.7. The van der Waals surface area contributed by atoms with Gasteiger partial charge in [-0.2, -0.15) is 0 Å². The third-order valence-corrected chi connectivity index (χ3v) is 6.42. The minimum absolute atomic E-state index is 0.0352. The van der Waals surface area contributed by atoms with Gasteiger partial charge in [0.2, 0.25) is 5.78 Å². The predicted molar refractivity (Wildman–Crippen MR) is 125 cm³/mol. The van der Waals surface area contributed by atoms with Crippen molar-refractivity contribution in [1.82, 2.24) is 9.80 Å². The summed E-state index contributed by atoms with van der Waals surface area (Å²) in [5, 5.41) is 11.1. The molecule has 0 spiro atoms. The highest BCUT2D eigenvalue weighted by atomic mass is 16.6. The number of hydrogen-bond acceptors (Lipinski definition) is 8. The summed E-state index contributed by atoms with van der Waals surface area (Å²) in [6.07, 6.45) is 2.58. The van der Waals surface area contributed by atoms with E-state index in [1.165, 1.54) is 12.1 Å². The fourth-order valence-electron chi connectivity index (χ4n) is 4.64. The summed E-state index contributed by atoms with van der Waals surface area (Å²) in [7, 11) is 0. The molecule has 0 unspecified atom stereocenters. The van der Waals surface area contributed by atoms with Crippen LogP contribution in [0.4, 0.5) is 5.69 Å². The van der Waals surface area contributed by atoms with Gasteiger partial charge in [-0.3, -0.25) is 24.7 Å². The Bertz CT molecular complexity index is 1160. The van der Waals surface area contributed by atoms with Gasteiger partial charge in [0.15, 0.2) is 5.76 Å². The molecule has 1 saturated heterocycles. The van der Waals surface area contributed by atoms with Crippen LogP contribution in [-0.2, 0) is 11.3 Å². The highest BCUT2D eigenvalue weighted by Gasteiger charge is 2.35. The highest BCUT2D eigenvalue weighted by Crippen LogP contribution is 2.44. The van der Waals surface area contributed by atoms with Crippen molar-refractivity contribution in [2.45, 2.75) is 19.9 Å². The van der Waals surface area contributed by atoms with Gasteiger partial charge in [0.1, 0.15) is 18.2 Å². The van der Waals surface area contributed by atoms with Crippen molar-refractivity contribution in [3.05, 3.63) is 68.5 Å². The summed E-state index contributed by atoms with van der Waals surface area (Å²) < 4.78 is 17.5. The summed E-state index contributed by atoms with van der Waals surface area (Å²) in [6.45, 7) is 8.44. The summed E-state index contributed by atoms with van der Waals surface area (Å²) in [6, 6.07) is 8.04. The van der Waals surface area contributed by atoms with Crippen LogP contribution in [0.15, 0.2) is 36.1 Å². The fraction of sp³-hybridized carbons (Fsp3) is 0.400. The standard InChI is InChI=1S/C25H27N3O6/c1-17-12-21-20(15-27(16-33-21)7-3-6-26-8-10-32-11-9-26)25-23(17)24(29)22(34-25)14-18-4-2-5-19(13-18)28(30)31/h2,4-5,12-14H,3,6-11,15-16H2,1H3/b22-14-. The van der Waals surface area contributed by atoms with Crippen LogP contribution in [0, 0.1) is 17.0 Å². The fourth-order valence-corrected chi connectivity index (χ4v) is 4.64. The molecule has 0 aliphatic carbocycles. The molecule has 9 heteroatoms. The molecule has 3 aliphatic rings. The lowest BCUT2D eigenvalue weighted by molar-refractivity contribution is -0.384. The number of ketones is 1. The van der Waals surface area contributed by atoms with E-state index in [0.29, 0.717) is 30.2 Å². The first kappa shape index (κ1) is 22.5. The lowest BCUT2D eigenvalue weighted by Gasteiger charge is -2.31. The number of nitro groups is 1. The Kier molecular flexibility index (Phi) is 6.32. The third-order valence-electron chi connectivity index (χ3n) is 6.42. The second kappa shape index (κ2) is 9.54. The second-order valence-electron chi connectivity index (χ2n) is 8.80. The number of nitrogens with zero attached hydrogens (tertiary/aromatic N) is 3. The average molecular weight is 466 g/mol. The molecule has 0 aromatic heterocycles. The molecule has 2 aromatic rings. The normalized spacial score (nSPS) is 19.4. The van der Waals surface area contributed by atoms with Gasteiger partial charge < -0.3 is 14.2 Å². The second-order valence-corrected chi connectivity index (χ2v) is 8.80. The molecule has 3 heterocycles. The molecule has 5 rings (SSSR count). The van der Waals surface area contributed by atoms with Crippen LogP contribution in [0.1, 0.15) is 33.5 Å². The number of non-ortho nitro benzene ring substituents is 1. The van der Waals surface area contributed by atoms with Gasteiger partial charge in [0.05, 0.1) is 29.3 Å². The van der Waals surface area contributed by atoms with Gasteiger partial charge in [-0.1, -0.05) is 12.1 Å². The number of Topliss-reactive ketones (excluding diaryl/α,β-unsaturated/α-hetero) is 1. The zero-order valence-corrected chi connectivity index (χ0v) is 19.1. The van der Waals surface area contributed by atoms with Crippen molar-refractivity contribution in [2.24, 2.45) is 0 Å². The van der Waals surface area contributed by atoms with Gasteiger partial charge in [0, 0.05) is 38.3 Å². The first-order chi connectivity index (χ1) is 16.5. The van der Waals surface area contributed by atoms with Crippen molar-refractivity contribution >= 4 is 17.5 Å². The molecule has 0 N–H and O–H groups in total. The molecular formula is C25H27N3O6. The molecule has 0 atom stereocenters. The lowest BCUT2D eigenvalue weighted by atomic mass is 9.98. The minimum Gasteiger partial charge on any atom is -0.478 e. The number of ether oxygens (including phenoxy) is 3. The predicted octanol–water partition coefficient (Wildman–Crippen LogP) is 3.39. The van der Waals surface area contributed by atoms with Gasteiger partial charge in [-0.05, 0) is 43.2 Å². The Hall–Kier alpha value is -3.27. The van der Waals surface area contributed by atoms with Gasteiger partial charge in [0.25, 0.3) is 5.69 Å². The molecule has 0 radical (unpaired) electrons. The van der Waals surface area contributed by atoms with Crippen molar-refractivity contribution in [3.63, 3.8) is 0 Å². The Balaban J connectivity index is 1.33. The molecular weight excluding hydrogens is 438 g/mol. The minimum atomic E-state index is -0.459. The van der Waals surface area contributed by atoms with Crippen LogP contribution in [0.25, 0.3) is 6.08 Å². The molecule has 9 nitrogen and oxygen atoms in total. The van der Waals surface area contributed by atoms with E-state index in [2.05, 4.69) is 9.80 Å². The molecule has 178 valence electrons. The van der Waals surface area contributed by atoms with Gasteiger partial charge >= 0.3 is 0 Å². The van der Waals surface area contributed by atoms with Crippen molar-refractivity contribution < 1.29 is 23.9 Å². The smallest absolute Gasteiger partial charge is 0.270 e. The topological polar surface area (TPSA) is 94.4 Å². The molecule has 34 heavy (non-hydrogen) atoms. The first-order valence-electron chi connectivity index (χ1n) is 11.5. The van der Waals surface area contributed by atoms with E-state index in [9.17, 15) is 14.9 Å². The van der Waals surface area contributed by atoms with Gasteiger partial charge in [-0.15, -0.1) is 0 Å². The Labute approximate surface area is 197 Å². The quantitative estimate of drug-likeness (QED) is 0.364. The maximum absolute atomic E-state index is 13.2. The number of carbonyl (C=O) groups excluding carboxylic acids is 1. The number of hydrogen-bond donors (Lipinski definition) is 0. The largest absolute Gasteiger partial charge is 0.478 e. The third kappa shape index (κ3) is 4.54. The van der Waals surface area contributed by atoms with E-state index in [1.54, 1.807) is 18.2 Å². The number of rotatable bonds is 6. The number of carbonyl (C=O) groups is 1. The molecule has 0 bridgehead atoms. The number of fused-ring (bicyclic) bond motifs is 3. The Morgan fingerprint density at radius 1 is 1.15 bits per heavy atom. The van der Waals surface area contributed by atoms with E-state index in [1.807, 2.05) is 13.0 Å². The van der Waals surface area contributed by atoms with E-state index in [0.717, 1.165) is 62.7 Å². The molecule has 2 aromatic carbocycles. The maximum Gasteiger partial charge on any atom is 0.270 e. The zero-order valence-electron chi connectivity index (χ0n) is 19.1. The highest BCUT2D eigenvalue weighted by molar-refractivity contribution is 6.15. The molecule has 1 fully saturated rings. The first-order valence-corrected chi connectivity index (χ1v) is 11.5. The SMILES string of the molecule is Cc1cc2c(c3c1C(=O)/C(=C/c1cccc([N+](=O)[O-])c1)O3)CN(CCCN1CCOCC1)CO2. The number of nitro benzene ring substituents is 1. The molecule has 3 aliphatic heterocycles. The maximum atomic E-state index is 13.2. The van der Waals surface area contributed by atoms with E-state index in [-0.39, 0.29) is 17.2 Å². The summed E-state index contributed by atoms with van der Waals surface area (Å²) in [4.78, 5) is 28.4. The van der Waals surface area contributed by atoms with Gasteiger partial charge in [-0.25, -0.2) is 0 Å². The summed E-state index contributed by atoms with van der Waals surface area (Å²) in [5.41, 5.74) is 2.70. The van der Waals surface area contributed by atoms with Crippen LogP contribution in [0.3, 0.4) is 0 Å². The van der Waals surface area contributed by atoms with Crippen LogP contribution in [-0.4, -0.2) is 66.6 Å². The lowest BCUT2D eigenvalue weighted by Crippen LogP contribution is -2.39. The average Bonchev–Trinajstić information content (AvgIpc) is 3.17. The van der Waals surface area contributed by atoms with Crippen molar-refractivity contribution in [2.75, 3.05) is 46.1 Å². The van der Waals surface area contributed by atoms with E-state index in [4.69, 9.17) is 14.2 Å². The molecule has 0 amide bonds. The van der Waals surface area contributed by atoms with Crippen LogP contribution < -0.4 is 9.47 Å². The number of allylic oxidation sites excluding steroid dienone is 1. The Morgan fingerprint density at radius 2 is 1.94 bits per heavy atom. The van der Waals surface area contributed by atoms with Crippen LogP contribution in [0.2, 0.25) is 0 Å². The summed E-state index contributed by atoms with van der Waals surface area (Å²) >= 11 is 0. The van der Waals surface area contributed by atoms with Crippen molar-refractivity contribution in [3.8, 4) is 11.5 Å². The monoisotopic (exact) mass is 465 g/mol.